The molecule has 0 radical (unpaired) electrons. The average Bonchev–Trinajstić information content (AvgIpc) is 3.12. The second-order valence-corrected chi connectivity index (χ2v) is 6.49. The van der Waals surface area contributed by atoms with Gasteiger partial charge in [-0.25, -0.2) is 11.2 Å². The highest BCUT2D eigenvalue weighted by Gasteiger charge is 2.39. The minimum absolute atomic E-state index is 0.0205. The third-order valence-electron chi connectivity index (χ3n) is 4.66. The largest absolute Gasteiger partial charge is 0.416 e. The third kappa shape index (κ3) is 4.26. The van der Waals surface area contributed by atoms with Gasteiger partial charge in [-0.15, -0.1) is 5.53 Å². The van der Waals surface area contributed by atoms with E-state index < -0.39 is 29.5 Å². The van der Waals surface area contributed by atoms with Gasteiger partial charge in [0, 0.05) is 17.8 Å². The third-order valence-corrected chi connectivity index (χ3v) is 4.66. The smallest absolute Gasteiger partial charge is 0.307 e. The molecule has 0 bridgehead atoms. The SMILES string of the molecule is C[NH+]=C(NNN)NC(=O)C1CN(C(=O)c2cccc(C(F)(F)F)c2)c2ccccc21. The van der Waals surface area contributed by atoms with Crippen molar-refractivity contribution in [2.24, 2.45) is 5.84 Å². The van der Waals surface area contributed by atoms with Crippen LogP contribution in [0.2, 0.25) is 0 Å². The molecule has 0 saturated carbocycles. The minimum atomic E-state index is -4.56. The van der Waals surface area contributed by atoms with Gasteiger partial charge in [0.1, 0.15) is 0 Å². The Labute approximate surface area is 169 Å². The summed E-state index contributed by atoms with van der Waals surface area (Å²) in [6.07, 6.45) is -4.56. The molecule has 0 aromatic heterocycles. The lowest BCUT2D eigenvalue weighted by Gasteiger charge is -2.18. The number of rotatable bonds is 3. The first-order valence-electron chi connectivity index (χ1n) is 8.91. The molecule has 1 heterocycles. The molecule has 1 atom stereocenters. The van der Waals surface area contributed by atoms with Crippen molar-refractivity contribution in [3.8, 4) is 0 Å². The number of carbonyl (C=O) groups is 2. The van der Waals surface area contributed by atoms with E-state index in [1.807, 2.05) is 0 Å². The first-order valence-corrected chi connectivity index (χ1v) is 8.91. The van der Waals surface area contributed by atoms with Gasteiger partial charge in [0.2, 0.25) is 0 Å². The summed E-state index contributed by atoms with van der Waals surface area (Å²) in [5.74, 6) is 3.60. The maximum atomic E-state index is 13.0. The van der Waals surface area contributed by atoms with Gasteiger partial charge in [-0.05, 0) is 29.8 Å². The molecular formula is C19H20F3N6O2+. The number of anilines is 1. The van der Waals surface area contributed by atoms with Crippen molar-refractivity contribution in [1.29, 1.82) is 0 Å². The molecular weight excluding hydrogens is 401 g/mol. The standard InChI is InChI=1S/C19H19F3N6O2/c1-24-18(26-27-23)25-16(29)14-10-28(15-8-3-2-7-13(14)15)17(30)11-5-4-6-12(9-11)19(20,21)22/h2-9,14,27H,10,23H2,1H3,(H2,24,25,26,29)/p+1. The van der Waals surface area contributed by atoms with E-state index in [9.17, 15) is 22.8 Å². The highest BCUT2D eigenvalue weighted by Crippen LogP contribution is 2.37. The molecule has 30 heavy (non-hydrogen) atoms. The maximum Gasteiger partial charge on any atom is 0.416 e. The van der Waals surface area contributed by atoms with Gasteiger partial charge in [0.25, 0.3) is 11.8 Å². The number of hydrogen-bond donors (Lipinski definition) is 5. The number of alkyl halides is 3. The van der Waals surface area contributed by atoms with E-state index in [-0.39, 0.29) is 18.1 Å². The zero-order chi connectivity index (χ0) is 21.9. The van der Waals surface area contributed by atoms with Crippen molar-refractivity contribution in [2.75, 3.05) is 18.5 Å². The van der Waals surface area contributed by atoms with Crippen molar-refractivity contribution < 1.29 is 27.8 Å². The number of nitrogens with zero attached hydrogens (tertiary/aromatic N) is 1. The highest BCUT2D eigenvalue weighted by atomic mass is 19.4. The molecule has 0 aliphatic carbocycles. The van der Waals surface area contributed by atoms with Crippen LogP contribution in [0, 0.1) is 0 Å². The van der Waals surface area contributed by atoms with Gasteiger partial charge < -0.3 is 4.90 Å². The number of amides is 2. The summed E-state index contributed by atoms with van der Waals surface area (Å²) in [5, 5.41) is 2.60. The average molecular weight is 421 g/mol. The van der Waals surface area contributed by atoms with E-state index >= 15 is 0 Å². The number of halogens is 3. The number of nitrogens with two attached hydrogens (primary N) is 1. The van der Waals surface area contributed by atoms with Crippen LogP contribution in [0.5, 0.6) is 0 Å². The predicted octanol–water partition coefficient (Wildman–Crippen LogP) is -0.400. The summed E-state index contributed by atoms with van der Waals surface area (Å²) in [5.41, 5.74) is 4.72. The van der Waals surface area contributed by atoms with Crippen LogP contribution in [-0.4, -0.2) is 31.4 Å². The monoisotopic (exact) mass is 421 g/mol. The van der Waals surface area contributed by atoms with Crippen LogP contribution in [-0.2, 0) is 11.0 Å². The number of guanidine groups is 1. The number of para-hydroxylation sites is 1. The maximum absolute atomic E-state index is 13.0. The summed E-state index contributed by atoms with van der Waals surface area (Å²) >= 11 is 0. The number of nitrogens with one attached hydrogen (secondary N) is 4. The van der Waals surface area contributed by atoms with Gasteiger partial charge in [-0.1, -0.05) is 24.3 Å². The fraction of sp³-hybridized carbons (Fsp3) is 0.211. The molecule has 6 N–H and O–H groups in total. The van der Waals surface area contributed by atoms with Crippen LogP contribution < -0.4 is 32.0 Å². The highest BCUT2D eigenvalue weighted by molar-refractivity contribution is 6.10. The zero-order valence-corrected chi connectivity index (χ0v) is 15.9. The summed E-state index contributed by atoms with van der Waals surface area (Å²) < 4.78 is 39.1. The Balaban J connectivity index is 1.89. The summed E-state index contributed by atoms with van der Waals surface area (Å²) in [6.45, 7) is -0.0205. The molecule has 0 spiro atoms. The van der Waals surface area contributed by atoms with E-state index in [2.05, 4.69) is 21.3 Å². The number of hydrazine groups is 2. The number of fused-ring (bicyclic) bond motifs is 1. The molecule has 1 aliphatic rings. The van der Waals surface area contributed by atoms with E-state index in [1.165, 1.54) is 17.0 Å². The first-order chi connectivity index (χ1) is 14.3. The Morgan fingerprint density at radius 3 is 2.57 bits per heavy atom. The van der Waals surface area contributed by atoms with Crippen LogP contribution in [0.1, 0.15) is 27.4 Å². The Morgan fingerprint density at radius 1 is 1.17 bits per heavy atom. The van der Waals surface area contributed by atoms with Crippen molar-refractivity contribution in [3.63, 3.8) is 0 Å². The van der Waals surface area contributed by atoms with Crippen molar-refractivity contribution in [3.05, 3.63) is 65.2 Å². The Kier molecular flexibility index (Phi) is 6.04. The van der Waals surface area contributed by atoms with Crippen molar-refractivity contribution in [2.45, 2.75) is 12.1 Å². The number of benzene rings is 2. The zero-order valence-electron chi connectivity index (χ0n) is 15.9. The lowest BCUT2D eigenvalue weighted by atomic mass is 10.0. The molecule has 2 aromatic rings. The van der Waals surface area contributed by atoms with Gasteiger partial charge >= 0.3 is 12.1 Å². The molecule has 1 aliphatic heterocycles. The molecule has 8 nitrogen and oxygen atoms in total. The van der Waals surface area contributed by atoms with E-state index in [4.69, 9.17) is 5.84 Å². The van der Waals surface area contributed by atoms with E-state index in [0.717, 1.165) is 12.1 Å². The molecule has 158 valence electrons. The lowest BCUT2D eigenvalue weighted by molar-refractivity contribution is -0.425. The molecule has 0 saturated heterocycles. The second-order valence-electron chi connectivity index (χ2n) is 6.49. The second kappa shape index (κ2) is 8.51. The normalized spacial score (nSPS) is 16.2. The Hall–Kier alpha value is -3.44. The quantitative estimate of drug-likeness (QED) is 0.200. The van der Waals surface area contributed by atoms with Gasteiger partial charge in [0.15, 0.2) is 0 Å². The van der Waals surface area contributed by atoms with Gasteiger partial charge in [-0.3, -0.25) is 14.6 Å². The topological polar surface area (TPSA) is 113 Å². The predicted molar refractivity (Wildman–Crippen MR) is 103 cm³/mol. The Bertz CT molecular complexity index is 992. The minimum Gasteiger partial charge on any atom is -0.307 e. The van der Waals surface area contributed by atoms with E-state index in [0.29, 0.717) is 11.3 Å². The summed E-state index contributed by atoms with van der Waals surface area (Å²) in [6, 6.07) is 11.0. The van der Waals surface area contributed by atoms with E-state index in [1.54, 1.807) is 31.3 Å². The van der Waals surface area contributed by atoms with Gasteiger partial charge in [-0.2, -0.15) is 18.6 Å². The van der Waals surface area contributed by atoms with Crippen LogP contribution in [0.3, 0.4) is 0 Å². The number of hydrogen-bond acceptors (Lipinski definition) is 4. The van der Waals surface area contributed by atoms with Gasteiger partial charge in [0.05, 0.1) is 18.5 Å². The lowest BCUT2D eigenvalue weighted by Crippen LogP contribution is -2.78. The molecule has 2 aromatic carbocycles. The van der Waals surface area contributed by atoms with Crippen LogP contribution >= 0.6 is 0 Å². The fourth-order valence-corrected chi connectivity index (χ4v) is 3.25. The van der Waals surface area contributed by atoms with Crippen molar-refractivity contribution in [1.82, 2.24) is 16.3 Å². The van der Waals surface area contributed by atoms with Crippen LogP contribution in [0.25, 0.3) is 0 Å². The molecule has 11 heteroatoms. The first kappa shape index (κ1) is 21.3. The molecule has 0 fully saturated rings. The summed E-state index contributed by atoms with van der Waals surface area (Å²) in [7, 11) is 1.56. The Morgan fingerprint density at radius 2 is 1.90 bits per heavy atom. The molecule has 1 unspecified atom stereocenters. The summed E-state index contributed by atoms with van der Waals surface area (Å²) in [4.78, 5) is 29.8. The van der Waals surface area contributed by atoms with Crippen molar-refractivity contribution >= 4 is 23.5 Å². The van der Waals surface area contributed by atoms with Crippen LogP contribution in [0.15, 0.2) is 48.5 Å². The van der Waals surface area contributed by atoms with Crippen LogP contribution in [0.4, 0.5) is 18.9 Å². The number of carbonyl (C=O) groups excluding carboxylic acids is 2. The molecule has 2 amide bonds. The fourth-order valence-electron chi connectivity index (χ4n) is 3.25. The molecule has 3 rings (SSSR count).